The van der Waals surface area contributed by atoms with Crippen LogP contribution in [0, 0.1) is 0 Å². The van der Waals surface area contributed by atoms with Gasteiger partial charge in [-0.05, 0) is 26.8 Å². The lowest BCUT2D eigenvalue weighted by atomic mass is 10.0. The highest BCUT2D eigenvalue weighted by atomic mass is 16.5. The van der Waals surface area contributed by atoms with Crippen LogP contribution < -0.4 is 10.6 Å². The van der Waals surface area contributed by atoms with E-state index in [1.54, 1.807) is 6.92 Å². The standard InChI is InChI=1S/C28H60N2O2/c1-5-7-8-9-10-11-12-13-14-15-16-17-18-19-20-21-22-23-24-25-26-29-27(3,4)30-28(31,32)6-2/h29-32H,5-26H2,1-4H3. The number of rotatable bonds is 25. The molecule has 0 bridgehead atoms. The van der Waals surface area contributed by atoms with Crippen molar-refractivity contribution in [3.8, 4) is 0 Å². The van der Waals surface area contributed by atoms with Gasteiger partial charge in [-0.15, -0.1) is 0 Å². The van der Waals surface area contributed by atoms with Crippen LogP contribution in [-0.4, -0.2) is 28.3 Å². The Morgan fingerprint density at radius 1 is 0.500 bits per heavy atom. The molecular formula is C28H60N2O2. The Labute approximate surface area is 201 Å². The van der Waals surface area contributed by atoms with Crippen molar-refractivity contribution in [3.63, 3.8) is 0 Å². The average molecular weight is 457 g/mol. The van der Waals surface area contributed by atoms with E-state index in [4.69, 9.17) is 0 Å². The molecule has 32 heavy (non-hydrogen) atoms. The van der Waals surface area contributed by atoms with Crippen molar-refractivity contribution in [2.75, 3.05) is 6.54 Å². The van der Waals surface area contributed by atoms with Crippen LogP contribution >= 0.6 is 0 Å². The molecular weight excluding hydrogens is 396 g/mol. The van der Waals surface area contributed by atoms with Crippen LogP contribution in [0.3, 0.4) is 0 Å². The molecule has 4 nitrogen and oxygen atoms in total. The second kappa shape index (κ2) is 21.4. The van der Waals surface area contributed by atoms with Gasteiger partial charge in [0.05, 0.1) is 5.66 Å². The first-order valence-electron chi connectivity index (χ1n) is 14.3. The number of aliphatic hydroxyl groups is 2. The minimum absolute atomic E-state index is 0.261. The van der Waals surface area contributed by atoms with Crippen molar-refractivity contribution in [2.45, 2.75) is 174 Å². The molecule has 0 saturated carbocycles. The summed E-state index contributed by atoms with van der Waals surface area (Å²) >= 11 is 0. The fourth-order valence-corrected chi connectivity index (χ4v) is 4.41. The van der Waals surface area contributed by atoms with Gasteiger partial charge < -0.3 is 10.2 Å². The van der Waals surface area contributed by atoms with Crippen LogP contribution in [0.15, 0.2) is 0 Å². The van der Waals surface area contributed by atoms with Crippen LogP contribution in [0.25, 0.3) is 0 Å². The summed E-state index contributed by atoms with van der Waals surface area (Å²) in [6.45, 7) is 8.83. The Kier molecular flexibility index (Phi) is 21.3. The molecule has 0 aliphatic heterocycles. The van der Waals surface area contributed by atoms with Gasteiger partial charge in [-0.1, -0.05) is 136 Å². The maximum absolute atomic E-state index is 9.73. The number of hydrogen-bond donors (Lipinski definition) is 4. The summed E-state index contributed by atoms with van der Waals surface area (Å²) in [5, 5.41) is 25.7. The summed E-state index contributed by atoms with van der Waals surface area (Å²) in [6.07, 6.45) is 28.3. The van der Waals surface area contributed by atoms with Gasteiger partial charge in [-0.2, -0.15) is 0 Å². The van der Waals surface area contributed by atoms with Crippen LogP contribution in [0.1, 0.15) is 163 Å². The molecule has 0 aromatic carbocycles. The minimum Gasteiger partial charge on any atom is -0.353 e. The van der Waals surface area contributed by atoms with E-state index < -0.39 is 11.6 Å². The van der Waals surface area contributed by atoms with E-state index in [-0.39, 0.29) is 6.42 Å². The van der Waals surface area contributed by atoms with E-state index in [1.807, 2.05) is 13.8 Å². The maximum Gasteiger partial charge on any atom is 0.223 e. The van der Waals surface area contributed by atoms with Crippen LogP contribution in [0.2, 0.25) is 0 Å². The summed E-state index contributed by atoms with van der Waals surface area (Å²) in [6, 6.07) is 0. The Hall–Kier alpha value is -0.160. The Balaban J connectivity index is 3.24. The summed E-state index contributed by atoms with van der Waals surface area (Å²) < 4.78 is 0. The highest BCUT2D eigenvalue weighted by Gasteiger charge is 2.28. The molecule has 0 fully saturated rings. The van der Waals surface area contributed by atoms with Crippen molar-refractivity contribution < 1.29 is 10.2 Å². The monoisotopic (exact) mass is 456 g/mol. The lowest BCUT2D eigenvalue weighted by Gasteiger charge is -2.35. The highest BCUT2D eigenvalue weighted by Crippen LogP contribution is 2.15. The van der Waals surface area contributed by atoms with E-state index in [9.17, 15) is 10.2 Å². The van der Waals surface area contributed by atoms with Crippen molar-refractivity contribution in [1.82, 2.24) is 10.6 Å². The second-order valence-corrected chi connectivity index (χ2v) is 10.6. The van der Waals surface area contributed by atoms with E-state index in [2.05, 4.69) is 17.6 Å². The van der Waals surface area contributed by atoms with Gasteiger partial charge in [-0.25, -0.2) is 5.32 Å². The Morgan fingerprint density at radius 2 is 0.812 bits per heavy atom. The summed E-state index contributed by atoms with van der Waals surface area (Å²) in [5.74, 6) is -1.80. The van der Waals surface area contributed by atoms with Crippen LogP contribution in [-0.2, 0) is 0 Å². The van der Waals surface area contributed by atoms with E-state index in [0.717, 1.165) is 13.0 Å². The SMILES string of the molecule is CCCCCCCCCCCCCCCCCCCCCCNC(C)(C)NC(O)(O)CC. The maximum atomic E-state index is 9.73. The molecule has 0 amide bonds. The molecule has 0 aliphatic rings. The Morgan fingerprint density at radius 3 is 1.12 bits per heavy atom. The zero-order valence-corrected chi connectivity index (χ0v) is 22.5. The van der Waals surface area contributed by atoms with E-state index >= 15 is 0 Å². The molecule has 4 N–H and O–H groups in total. The largest absolute Gasteiger partial charge is 0.353 e. The zero-order chi connectivity index (χ0) is 24.0. The third kappa shape index (κ3) is 23.0. The molecule has 194 valence electrons. The summed E-state index contributed by atoms with van der Waals surface area (Å²) in [4.78, 5) is 0. The van der Waals surface area contributed by atoms with Crippen molar-refractivity contribution >= 4 is 0 Å². The fraction of sp³-hybridized carbons (Fsp3) is 1.00. The predicted molar refractivity (Wildman–Crippen MR) is 141 cm³/mol. The average Bonchev–Trinajstić information content (AvgIpc) is 2.74. The summed E-state index contributed by atoms with van der Waals surface area (Å²) in [5.41, 5.74) is -0.479. The number of unbranched alkanes of at least 4 members (excludes halogenated alkanes) is 19. The van der Waals surface area contributed by atoms with Crippen molar-refractivity contribution in [3.05, 3.63) is 0 Å². The number of nitrogens with one attached hydrogen (secondary N) is 2. The first-order chi connectivity index (χ1) is 15.3. The van der Waals surface area contributed by atoms with Crippen molar-refractivity contribution in [1.29, 1.82) is 0 Å². The van der Waals surface area contributed by atoms with Crippen LogP contribution in [0.5, 0.6) is 0 Å². The van der Waals surface area contributed by atoms with Crippen molar-refractivity contribution in [2.24, 2.45) is 0 Å². The summed E-state index contributed by atoms with van der Waals surface area (Å²) in [7, 11) is 0. The molecule has 4 heteroatoms. The Bertz CT molecular complexity index is 386. The van der Waals surface area contributed by atoms with E-state index in [0.29, 0.717) is 0 Å². The highest BCUT2D eigenvalue weighted by molar-refractivity contribution is 4.78. The molecule has 0 rings (SSSR count). The molecule has 0 heterocycles. The third-order valence-electron chi connectivity index (χ3n) is 6.60. The normalized spacial score (nSPS) is 12.6. The van der Waals surface area contributed by atoms with Gasteiger partial charge >= 0.3 is 0 Å². The molecule has 0 aromatic heterocycles. The third-order valence-corrected chi connectivity index (χ3v) is 6.60. The van der Waals surface area contributed by atoms with E-state index in [1.165, 1.54) is 122 Å². The molecule has 0 unspecified atom stereocenters. The van der Waals surface area contributed by atoms with Gasteiger partial charge in [0.25, 0.3) is 0 Å². The number of hydrogen-bond acceptors (Lipinski definition) is 4. The second-order valence-electron chi connectivity index (χ2n) is 10.6. The molecule has 0 saturated heterocycles. The molecule has 0 atom stereocenters. The first-order valence-corrected chi connectivity index (χ1v) is 14.3. The van der Waals surface area contributed by atoms with Gasteiger partial charge in [0, 0.05) is 6.42 Å². The minimum atomic E-state index is -1.80. The lowest BCUT2D eigenvalue weighted by molar-refractivity contribution is -0.202. The molecule has 0 spiro atoms. The van der Waals surface area contributed by atoms with Gasteiger partial charge in [-0.3, -0.25) is 5.32 Å². The van der Waals surface area contributed by atoms with Gasteiger partial charge in [0.1, 0.15) is 0 Å². The smallest absolute Gasteiger partial charge is 0.223 e. The van der Waals surface area contributed by atoms with Crippen LogP contribution in [0.4, 0.5) is 0 Å². The van der Waals surface area contributed by atoms with Gasteiger partial charge in [0.2, 0.25) is 5.91 Å². The fourth-order valence-electron chi connectivity index (χ4n) is 4.41. The topological polar surface area (TPSA) is 64.5 Å². The zero-order valence-electron chi connectivity index (χ0n) is 22.5. The van der Waals surface area contributed by atoms with Gasteiger partial charge in [0.15, 0.2) is 0 Å². The first kappa shape index (κ1) is 31.8. The lowest BCUT2D eigenvalue weighted by Crippen LogP contribution is -2.62. The molecule has 0 aromatic rings. The molecule has 0 radical (unpaired) electrons. The molecule has 0 aliphatic carbocycles. The predicted octanol–water partition coefficient (Wildman–Crippen LogP) is 7.77. The quantitative estimate of drug-likeness (QED) is 0.0836.